The number of hydrogen-bond donors (Lipinski definition) is 0. The molecule has 0 spiro atoms. The highest BCUT2D eigenvalue weighted by Crippen LogP contribution is 2.53. The van der Waals surface area contributed by atoms with Crippen LogP contribution in [0.2, 0.25) is 0 Å². The van der Waals surface area contributed by atoms with Crippen LogP contribution in [0.4, 0.5) is 17.1 Å². The molecule has 0 atom stereocenters. The highest BCUT2D eigenvalue weighted by Gasteiger charge is 2.37. The second-order valence-electron chi connectivity index (χ2n) is 16.6. The van der Waals surface area contributed by atoms with E-state index in [9.17, 15) is 0 Å². The molecule has 0 amide bonds. The summed E-state index contributed by atoms with van der Waals surface area (Å²) in [5, 5.41) is 5.80. The van der Waals surface area contributed by atoms with E-state index < -0.39 is 0 Å². The van der Waals surface area contributed by atoms with E-state index in [0.29, 0.717) is 5.95 Å². The van der Waals surface area contributed by atoms with E-state index in [4.69, 9.17) is 9.97 Å². The zero-order chi connectivity index (χ0) is 40.7. The lowest BCUT2D eigenvalue weighted by molar-refractivity contribution is 0.632. The van der Waals surface area contributed by atoms with Gasteiger partial charge in [0.05, 0.1) is 33.6 Å². The average molecular weight is 781 g/mol. The lowest BCUT2D eigenvalue weighted by Gasteiger charge is -2.42. The molecule has 0 saturated carbocycles. The first kappa shape index (κ1) is 35.2. The van der Waals surface area contributed by atoms with E-state index in [-0.39, 0.29) is 5.41 Å². The van der Waals surface area contributed by atoms with Crippen LogP contribution in [0.1, 0.15) is 25.0 Å². The topological polar surface area (TPSA) is 34.0 Å². The van der Waals surface area contributed by atoms with Gasteiger partial charge in [0, 0.05) is 38.4 Å². The number of para-hydroxylation sites is 4. The van der Waals surface area contributed by atoms with Crippen molar-refractivity contribution in [3.8, 4) is 39.5 Å². The van der Waals surface area contributed by atoms with Crippen LogP contribution in [-0.4, -0.2) is 14.5 Å². The molecule has 11 aromatic rings. The molecule has 0 saturated heterocycles. The van der Waals surface area contributed by atoms with Crippen LogP contribution >= 0.6 is 0 Å². The van der Waals surface area contributed by atoms with Crippen molar-refractivity contribution >= 4 is 60.5 Å². The van der Waals surface area contributed by atoms with Crippen LogP contribution in [0.15, 0.2) is 206 Å². The minimum absolute atomic E-state index is 0.254. The fourth-order valence-corrected chi connectivity index (χ4v) is 9.84. The Labute approximate surface area is 354 Å². The molecular formula is C57H40N4. The molecule has 4 nitrogen and oxygen atoms in total. The highest BCUT2D eigenvalue weighted by atomic mass is 15.2. The largest absolute Gasteiger partial charge is 0.310 e. The van der Waals surface area contributed by atoms with Gasteiger partial charge in [0.25, 0.3) is 0 Å². The van der Waals surface area contributed by atoms with Crippen LogP contribution in [0.5, 0.6) is 0 Å². The summed E-state index contributed by atoms with van der Waals surface area (Å²) in [4.78, 5) is 13.3. The zero-order valence-electron chi connectivity index (χ0n) is 33.9. The van der Waals surface area contributed by atoms with Gasteiger partial charge in [0.1, 0.15) is 0 Å². The molecule has 3 heterocycles. The zero-order valence-corrected chi connectivity index (χ0v) is 33.9. The SMILES string of the molecule is CC1(C)c2ccccc2N(c2ccccc2)c2ccc(-c3cccc4c5c6ccccc6ccc5n(-c5nc(-c6ccc(-c7ccccc7)cc6)c6ccccc6n5)c34)cc21. The first-order chi connectivity index (χ1) is 30.0. The number of rotatable bonds is 5. The lowest BCUT2D eigenvalue weighted by atomic mass is 9.73. The normalized spacial score (nSPS) is 13.2. The van der Waals surface area contributed by atoms with E-state index in [0.717, 1.165) is 50.0 Å². The standard InChI is InChI=1S/C57H40N4/c1-57(2)47-25-12-14-27-50(47)60(42-19-7-4-8-20-42)51-34-33-41(36-48(51)57)44-23-15-24-46-53-43-21-10-9-18-39(43)32-35-52(53)61(55(44)46)56-58-49-26-13-11-22-45(49)54(59-56)40-30-28-38(29-31-40)37-16-5-3-6-17-37/h3-36H,1-2H3. The maximum atomic E-state index is 5.54. The molecule has 61 heavy (non-hydrogen) atoms. The third-order valence-electron chi connectivity index (χ3n) is 12.8. The number of benzene rings is 9. The number of hydrogen-bond acceptors (Lipinski definition) is 3. The smallest absolute Gasteiger partial charge is 0.235 e. The van der Waals surface area contributed by atoms with Crippen LogP contribution in [-0.2, 0) is 5.41 Å². The van der Waals surface area contributed by atoms with Crippen molar-refractivity contribution in [1.29, 1.82) is 0 Å². The number of nitrogens with zero attached hydrogens (tertiary/aromatic N) is 4. The molecule has 0 unspecified atom stereocenters. The quantitative estimate of drug-likeness (QED) is 0.174. The predicted octanol–water partition coefficient (Wildman–Crippen LogP) is 15.0. The van der Waals surface area contributed by atoms with Crippen molar-refractivity contribution in [1.82, 2.24) is 14.5 Å². The van der Waals surface area contributed by atoms with Crippen molar-refractivity contribution in [3.63, 3.8) is 0 Å². The van der Waals surface area contributed by atoms with Crippen molar-refractivity contribution in [3.05, 3.63) is 217 Å². The summed E-state index contributed by atoms with van der Waals surface area (Å²) in [7, 11) is 0. The third-order valence-corrected chi connectivity index (χ3v) is 12.8. The average Bonchev–Trinajstić information content (AvgIpc) is 3.67. The van der Waals surface area contributed by atoms with E-state index >= 15 is 0 Å². The summed E-state index contributed by atoms with van der Waals surface area (Å²) in [6.45, 7) is 4.72. The van der Waals surface area contributed by atoms with Gasteiger partial charge in [-0.25, -0.2) is 9.97 Å². The summed E-state index contributed by atoms with van der Waals surface area (Å²) in [6.07, 6.45) is 0. The molecule has 0 radical (unpaired) electrons. The monoisotopic (exact) mass is 780 g/mol. The van der Waals surface area contributed by atoms with Gasteiger partial charge in [-0.1, -0.05) is 178 Å². The van der Waals surface area contributed by atoms with Crippen LogP contribution in [0.25, 0.3) is 82.9 Å². The number of aromatic nitrogens is 3. The van der Waals surface area contributed by atoms with Crippen molar-refractivity contribution < 1.29 is 0 Å². The van der Waals surface area contributed by atoms with Gasteiger partial charge in [0.2, 0.25) is 5.95 Å². The minimum atomic E-state index is -0.254. The molecule has 9 aromatic carbocycles. The van der Waals surface area contributed by atoms with Crippen molar-refractivity contribution in [2.75, 3.05) is 4.90 Å². The Kier molecular flexibility index (Phi) is 7.85. The summed E-state index contributed by atoms with van der Waals surface area (Å²) in [6, 6.07) is 74.2. The van der Waals surface area contributed by atoms with Crippen LogP contribution < -0.4 is 4.90 Å². The van der Waals surface area contributed by atoms with Gasteiger partial charge in [-0.05, 0) is 81.1 Å². The number of anilines is 3. The third kappa shape index (κ3) is 5.46. The molecule has 0 bridgehead atoms. The summed E-state index contributed by atoms with van der Waals surface area (Å²) < 4.78 is 2.32. The maximum absolute atomic E-state index is 5.54. The molecule has 1 aliphatic heterocycles. The first-order valence-corrected chi connectivity index (χ1v) is 21.0. The Hall–Kier alpha value is -7.82. The Morgan fingerprint density at radius 3 is 1.92 bits per heavy atom. The van der Waals surface area contributed by atoms with E-state index in [1.165, 1.54) is 55.2 Å². The van der Waals surface area contributed by atoms with E-state index in [1.807, 2.05) is 0 Å². The fourth-order valence-electron chi connectivity index (χ4n) is 9.84. The summed E-state index contributed by atoms with van der Waals surface area (Å²) in [5.41, 5.74) is 15.5. The Balaban J connectivity index is 1.12. The Morgan fingerprint density at radius 2 is 1.08 bits per heavy atom. The van der Waals surface area contributed by atoms with Gasteiger partial charge in [-0.3, -0.25) is 4.57 Å². The highest BCUT2D eigenvalue weighted by molar-refractivity contribution is 6.23. The summed E-state index contributed by atoms with van der Waals surface area (Å²) >= 11 is 0. The Bertz CT molecular complexity index is 3490. The predicted molar refractivity (Wildman–Crippen MR) is 255 cm³/mol. The molecular weight excluding hydrogens is 741 g/mol. The van der Waals surface area contributed by atoms with Crippen LogP contribution in [0, 0.1) is 0 Å². The number of fused-ring (bicyclic) bond motifs is 8. The Morgan fingerprint density at radius 1 is 0.443 bits per heavy atom. The minimum Gasteiger partial charge on any atom is -0.310 e. The van der Waals surface area contributed by atoms with Gasteiger partial charge < -0.3 is 4.90 Å². The van der Waals surface area contributed by atoms with Gasteiger partial charge in [0.15, 0.2) is 0 Å². The summed E-state index contributed by atoms with van der Waals surface area (Å²) in [5.74, 6) is 0.644. The molecule has 0 fully saturated rings. The molecule has 0 N–H and O–H groups in total. The second kappa shape index (κ2) is 13.6. The van der Waals surface area contributed by atoms with E-state index in [2.05, 4.69) is 230 Å². The van der Waals surface area contributed by atoms with Gasteiger partial charge >= 0.3 is 0 Å². The first-order valence-electron chi connectivity index (χ1n) is 21.0. The second-order valence-corrected chi connectivity index (χ2v) is 16.6. The maximum Gasteiger partial charge on any atom is 0.235 e. The molecule has 288 valence electrons. The molecule has 4 heteroatoms. The molecule has 12 rings (SSSR count). The molecule has 1 aliphatic rings. The lowest BCUT2D eigenvalue weighted by Crippen LogP contribution is -2.30. The van der Waals surface area contributed by atoms with Gasteiger partial charge in [-0.15, -0.1) is 0 Å². The fraction of sp³-hybridized carbons (Fsp3) is 0.0526. The van der Waals surface area contributed by atoms with Crippen molar-refractivity contribution in [2.24, 2.45) is 0 Å². The van der Waals surface area contributed by atoms with Gasteiger partial charge in [-0.2, -0.15) is 0 Å². The van der Waals surface area contributed by atoms with Crippen LogP contribution in [0.3, 0.4) is 0 Å². The molecule has 2 aromatic heterocycles. The van der Waals surface area contributed by atoms with E-state index in [1.54, 1.807) is 0 Å². The van der Waals surface area contributed by atoms with Crippen molar-refractivity contribution in [2.45, 2.75) is 19.3 Å². The molecule has 0 aliphatic carbocycles.